The van der Waals surface area contributed by atoms with Crippen molar-refractivity contribution < 1.29 is 45.4 Å². The van der Waals surface area contributed by atoms with Gasteiger partial charge in [-0.3, -0.25) is 4.79 Å². The summed E-state index contributed by atoms with van der Waals surface area (Å²) in [6.07, 6.45) is 4.39. The van der Waals surface area contributed by atoms with E-state index in [2.05, 4.69) is 36.9 Å². The molecule has 0 saturated carbocycles. The Kier molecular flexibility index (Phi) is 14.0. The largest absolute Gasteiger partial charge is 2.00 e. The van der Waals surface area contributed by atoms with Gasteiger partial charge in [-0.1, -0.05) is 27.2 Å². The molecular formula is C28H33N3O3U. The smallest absolute Gasteiger partial charge is 0.493 e. The summed E-state index contributed by atoms with van der Waals surface area (Å²) in [5.41, 5.74) is 4.07. The second kappa shape index (κ2) is 16.1. The number of fused-ring (bicyclic) bond motifs is 1. The summed E-state index contributed by atoms with van der Waals surface area (Å²) in [6, 6.07) is 20.0. The Morgan fingerprint density at radius 2 is 1.69 bits per heavy atom. The molecule has 0 amide bonds. The summed E-state index contributed by atoms with van der Waals surface area (Å²) in [5.74, 6) is 1.28. The average molecular weight is 698 g/mol. The van der Waals surface area contributed by atoms with E-state index in [0.717, 1.165) is 17.7 Å². The molecule has 0 spiro atoms. The molecule has 0 radical (unpaired) electrons. The van der Waals surface area contributed by atoms with Gasteiger partial charge in [0.25, 0.3) is 0 Å². The number of aryl methyl sites for hydroxylation is 1. The van der Waals surface area contributed by atoms with Crippen molar-refractivity contribution in [2.24, 2.45) is 0 Å². The van der Waals surface area contributed by atoms with E-state index >= 15 is 0 Å². The number of Topliss-reactive ketones (excluding diaryl/α,β-unsaturated/α-hetero) is 1. The van der Waals surface area contributed by atoms with Gasteiger partial charge in [0, 0.05) is 24.2 Å². The number of unbranched alkanes of at least 4 members (excludes halogenated alkanes) is 1. The minimum Gasteiger partial charge on any atom is -0.493 e. The van der Waals surface area contributed by atoms with E-state index in [1.54, 1.807) is 31.0 Å². The SMILES string of the molecule is CCC(=O)c1cc2nccc(-c3ccc(OC)c(OC)c3)n2n1.Cc1cc[c-]cc1.[CH2-]CCC.[U+2]. The third-order valence-electron chi connectivity index (χ3n) is 4.88. The van der Waals surface area contributed by atoms with Gasteiger partial charge in [0.15, 0.2) is 22.9 Å². The third kappa shape index (κ3) is 8.83. The van der Waals surface area contributed by atoms with Gasteiger partial charge in [-0.25, -0.2) is 9.50 Å². The number of ketones is 1. The van der Waals surface area contributed by atoms with E-state index in [9.17, 15) is 4.79 Å². The topological polar surface area (TPSA) is 65.7 Å². The van der Waals surface area contributed by atoms with Crippen LogP contribution in [0, 0.1) is 51.0 Å². The first-order valence-electron chi connectivity index (χ1n) is 11.3. The molecule has 2 heterocycles. The molecule has 0 N–H and O–H groups in total. The van der Waals surface area contributed by atoms with Crippen LogP contribution < -0.4 is 9.47 Å². The van der Waals surface area contributed by atoms with E-state index in [-0.39, 0.29) is 36.9 Å². The van der Waals surface area contributed by atoms with Crippen molar-refractivity contribution >= 4 is 11.4 Å². The minimum absolute atomic E-state index is 0. The number of ether oxygens (including phenoxy) is 2. The fraction of sp³-hybridized carbons (Fsp3) is 0.286. The molecule has 4 aromatic rings. The van der Waals surface area contributed by atoms with Gasteiger partial charge in [0.1, 0.15) is 5.69 Å². The number of rotatable bonds is 6. The van der Waals surface area contributed by atoms with E-state index in [1.165, 1.54) is 12.0 Å². The number of benzene rings is 2. The summed E-state index contributed by atoms with van der Waals surface area (Å²) in [7, 11) is 3.19. The first kappa shape index (κ1) is 30.4. The molecule has 35 heavy (non-hydrogen) atoms. The Labute approximate surface area is 232 Å². The molecule has 4 rings (SSSR count). The van der Waals surface area contributed by atoms with Gasteiger partial charge < -0.3 is 16.4 Å². The van der Waals surface area contributed by atoms with Crippen molar-refractivity contribution in [3.8, 4) is 22.8 Å². The van der Waals surface area contributed by atoms with Gasteiger partial charge in [0.05, 0.1) is 19.9 Å². The molecule has 0 saturated heterocycles. The Balaban J connectivity index is 0.000000425. The van der Waals surface area contributed by atoms with Crippen molar-refractivity contribution in [1.29, 1.82) is 0 Å². The quantitative estimate of drug-likeness (QED) is 0.172. The maximum Gasteiger partial charge on any atom is 2.00 e. The van der Waals surface area contributed by atoms with E-state index < -0.39 is 0 Å². The Hall–Kier alpha value is -2.62. The number of hydrogen-bond acceptors (Lipinski definition) is 5. The molecule has 0 atom stereocenters. The monoisotopic (exact) mass is 697 g/mol. The predicted octanol–water partition coefficient (Wildman–Crippen LogP) is 6.42. The number of methoxy groups -OCH3 is 2. The first-order valence-corrected chi connectivity index (χ1v) is 11.3. The average Bonchev–Trinajstić information content (AvgIpc) is 3.33. The van der Waals surface area contributed by atoms with E-state index in [4.69, 9.17) is 9.47 Å². The molecule has 2 aromatic heterocycles. The maximum atomic E-state index is 11.9. The van der Waals surface area contributed by atoms with Crippen LogP contribution in [0.3, 0.4) is 0 Å². The normalized spacial score (nSPS) is 9.66. The molecule has 0 bridgehead atoms. The third-order valence-corrected chi connectivity index (χ3v) is 4.88. The van der Waals surface area contributed by atoms with Gasteiger partial charge in [-0.05, 0) is 24.3 Å². The number of hydrogen-bond donors (Lipinski definition) is 0. The van der Waals surface area contributed by atoms with E-state index in [1.807, 2.05) is 55.5 Å². The van der Waals surface area contributed by atoms with Gasteiger partial charge in [0.2, 0.25) is 0 Å². The van der Waals surface area contributed by atoms with Crippen LogP contribution in [0.5, 0.6) is 11.5 Å². The second-order valence-electron chi connectivity index (χ2n) is 7.41. The summed E-state index contributed by atoms with van der Waals surface area (Å²) in [6.45, 7) is 9.60. The van der Waals surface area contributed by atoms with Crippen LogP contribution in [0.2, 0.25) is 0 Å². The Morgan fingerprint density at radius 3 is 2.20 bits per heavy atom. The summed E-state index contributed by atoms with van der Waals surface area (Å²) >= 11 is 0. The number of carbonyl (C=O) groups excluding carboxylic acids is 1. The molecular weight excluding hydrogens is 664 g/mol. The van der Waals surface area contributed by atoms with E-state index in [0.29, 0.717) is 29.3 Å². The van der Waals surface area contributed by atoms with Crippen LogP contribution in [0.25, 0.3) is 16.9 Å². The minimum atomic E-state index is -0.00578. The van der Waals surface area contributed by atoms with Crippen LogP contribution in [-0.4, -0.2) is 34.6 Å². The van der Waals surface area contributed by atoms with Crippen molar-refractivity contribution in [3.05, 3.63) is 85.0 Å². The van der Waals surface area contributed by atoms with Crippen LogP contribution in [0.15, 0.2) is 60.8 Å². The molecule has 0 aliphatic rings. The molecule has 182 valence electrons. The summed E-state index contributed by atoms with van der Waals surface area (Å²) in [5, 5.41) is 4.39. The van der Waals surface area contributed by atoms with Crippen molar-refractivity contribution in [2.75, 3.05) is 14.2 Å². The van der Waals surface area contributed by atoms with Crippen LogP contribution in [0.4, 0.5) is 0 Å². The van der Waals surface area contributed by atoms with Crippen LogP contribution in [0.1, 0.15) is 49.2 Å². The Bertz CT molecular complexity index is 1170. The number of carbonyl (C=O) groups is 1. The molecule has 6 nitrogen and oxygen atoms in total. The molecule has 0 unspecified atom stereocenters. The van der Waals surface area contributed by atoms with Crippen molar-refractivity contribution in [1.82, 2.24) is 14.6 Å². The molecule has 0 fully saturated rings. The zero-order chi connectivity index (χ0) is 24.9. The van der Waals surface area contributed by atoms with Gasteiger partial charge in [-0.15, -0.1) is 0 Å². The number of aromatic nitrogens is 3. The first-order chi connectivity index (χ1) is 16.5. The predicted molar refractivity (Wildman–Crippen MR) is 136 cm³/mol. The zero-order valence-electron chi connectivity index (χ0n) is 21.2. The molecule has 0 aliphatic heterocycles. The fourth-order valence-corrected chi connectivity index (χ4v) is 2.90. The molecule has 0 aliphatic carbocycles. The summed E-state index contributed by atoms with van der Waals surface area (Å²) in [4.78, 5) is 16.1. The van der Waals surface area contributed by atoms with Crippen LogP contribution >= 0.6 is 0 Å². The van der Waals surface area contributed by atoms with Crippen molar-refractivity contribution in [2.45, 2.75) is 40.0 Å². The molecule has 7 heteroatoms. The summed E-state index contributed by atoms with van der Waals surface area (Å²) < 4.78 is 12.3. The standard InChI is InChI=1S/C17H17N3O3.C7H7.C4H9.U/c1-4-14(21)12-10-17-18-8-7-13(20(17)19-12)11-5-6-15(22-2)16(9-11)23-3;1-7-5-3-2-4-6-7;1-3-4-2;/h5-10H,4H2,1-3H3;3-6H,1H3;1,3-4H2,2H3;/q;2*-1;+2. The van der Waals surface area contributed by atoms with Crippen LogP contribution in [-0.2, 0) is 0 Å². The fourth-order valence-electron chi connectivity index (χ4n) is 2.90. The maximum absolute atomic E-state index is 11.9. The van der Waals surface area contributed by atoms with Crippen molar-refractivity contribution in [3.63, 3.8) is 0 Å². The molecule has 2 aromatic carbocycles. The Morgan fingerprint density at radius 1 is 1.03 bits per heavy atom. The zero-order valence-corrected chi connectivity index (χ0v) is 25.3. The second-order valence-corrected chi connectivity index (χ2v) is 7.41. The van der Waals surface area contributed by atoms with Gasteiger partial charge >= 0.3 is 31.1 Å². The van der Waals surface area contributed by atoms with Gasteiger partial charge in [-0.2, -0.15) is 47.4 Å². The number of nitrogens with zero attached hydrogens (tertiary/aromatic N) is 3.